The van der Waals surface area contributed by atoms with Crippen LogP contribution in [-0.4, -0.2) is 43.1 Å². The number of benzene rings is 2. The number of aromatic nitrogens is 1. The van der Waals surface area contributed by atoms with Gasteiger partial charge in [-0.2, -0.15) is 0 Å². The van der Waals surface area contributed by atoms with Crippen molar-refractivity contribution in [2.75, 3.05) is 27.3 Å². The fourth-order valence-electron chi connectivity index (χ4n) is 4.21. The minimum atomic E-state index is 0.0456. The molecule has 160 valence electrons. The molecule has 0 radical (unpaired) electrons. The molecule has 1 aliphatic heterocycles. The molecule has 0 bridgehead atoms. The maximum atomic E-state index is 13.1. The zero-order valence-corrected chi connectivity index (χ0v) is 18.3. The average Bonchev–Trinajstić information content (AvgIpc) is 2.83. The van der Waals surface area contributed by atoms with Gasteiger partial charge in [0.1, 0.15) is 11.5 Å². The summed E-state index contributed by atoms with van der Waals surface area (Å²) in [5, 5.41) is 0. The zero-order valence-electron chi connectivity index (χ0n) is 18.3. The third-order valence-corrected chi connectivity index (χ3v) is 5.82. The van der Waals surface area contributed by atoms with Gasteiger partial charge in [-0.05, 0) is 73.4 Å². The number of pyridine rings is 1. The number of aryl methyl sites for hydroxylation is 1. The largest absolute Gasteiger partial charge is 0.497 e. The van der Waals surface area contributed by atoms with E-state index >= 15 is 0 Å². The minimum Gasteiger partial charge on any atom is -0.497 e. The van der Waals surface area contributed by atoms with E-state index in [0.717, 1.165) is 47.7 Å². The number of ether oxygens (including phenoxy) is 2. The van der Waals surface area contributed by atoms with Crippen LogP contribution >= 0.6 is 0 Å². The van der Waals surface area contributed by atoms with Crippen LogP contribution in [0.25, 0.3) is 11.1 Å². The molecular weight excluding hydrogens is 388 g/mol. The van der Waals surface area contributed by atoms with Crippen molar-refractivity contribution in [2.45, 2.75) is 25.7 Å². The lowest BCUT2D eigenvalue weighted by atomic mass is 9.91. The van der Waals surface area contributed by atoms with Gasteiger partial charge in [-0.15, -0.1) is 0 Å². The zero-order chi connectivity index (χ0) is 21.8. The number of rotatable bonds is 5. The van der Waals surface area contributed by atoms with Gasteiger partial charge in [0.25, 0.3) is 5.91 Å². The first-order valence-electron chi connectivity index (χ1n) is 10.6. The molecule has 3 aromatic rings. The fraction of sp³-hybridized carbons (Fsp3) is 0.308. The van der Waals surface area contributed by atoms with Crippen LogP contribution in [0.4, 0.5) is 0 Å². The van der Waals surface area contributed by atoms with Crippen molar-refractivity contribution in [3.63, 3.8) is 0 Å². The molecule has 2 heterocycles. The Morgan fingerprint density at radius 2 is 1.71 bits per heavy atom. The third kappa shape index (κ3) is 4.71. The van der Waals surface area contributed by atoms with E-state index in [1.54, 1.807) is 20.3 Å². The van der Waals surface area contributed by atoms with E-state index in [2.05, 4.69) is 18.2 Å². The van der Waals surface area contributed by atoms with Crippen molar-refractivity contribution in [2.24, 2.45) is 0 Å². The number of methoxy groups -OCH3 is 2. The second-order valence-corrected chi connectivity index (χ2v) is 7.98. The molecule has 1 saturated heterocycles. The van der Waals surface area contributed by atoms with Gasteiger partial charge in [0.2, 0.25) is 0 Å². The Bertz CT molecular complexity index is 1080. The van der Waals surface area contributed by atoms with Gasteiger partial charge in [-0.3, -0.25) is 9.78 Å². The van der Waals surface area contributed by atoms with E-state index in [-0.39, 0.29) is 11.8 Å². The van der Waals surface area contributed by atoms with Crippen molar-refractivity contribution in [1.29, 1.82) is 0 Å². The number of hydrogen-bond acceptors (Lipinski definition) is 4. The Labute approximate surface area is 183 Å². The second kappa shape index (κ2) is 9.21. The molecular formula is C26H28N2O3. The van der Waals surface area contributed by atoms with Crippen molar-refractivity contribution >= 4 is 5.91 Å². The van der Waals surface area contributed by atoms with Crippen LogP contribution in [0.15, 0.2) is 60.7 Å². The molecule has 0 spiro atoms. The summed E-state index contributed by atoms with van der Waals surface area (Å²) in [5.74, 6) is 1.79. The Morgan fingerprint density at radius 1 is 0.968 bits per heavy atom. The highest BCUT2D eigenvalue weighted by Crippen LogP contribution is 2.31. The lowest BCUT2D eigenvalue weighted by Gasteiger charge is -2.33. The summed E-state index contributed by atoms with van der Waals surface area (Å²) in [7, 11) is 3.29. The summed E-state index contributed by atoms with van der Waals surface area (Å²) in [5.41, 5.74) is 4.91. The number of nitrogens with zero attached hydrogens (tertiary/aromatic N) is 2. The summed E-state index contributed by atoms with van der Waals surface area (Å²) in [6.45, 7) is 3.46. The van der Waals surface area contributed by atoms with Crippen LogP contribution in [-0.2, 0) is 0 Å². The van der Waals surface area contributed by atoms with Gasteiger partial charge < -0.3 is 14.4 Å². The molecule has 31 heavy (non-hydrogen) atoms. The van der Waals surface area contributed by atoms with Crippen LogP contribution in [0.5, 0.6) is 11.5 Å². The van der Waals surface area contributed by atoms with E-state index in [4.69, 9.17) is 14.5 Å². The number of amides is 1. The average molecular weight is 417 g/mol. The fourth-order valence-corrected chi connectivity index (χ4v) is 4.21. The molecule has 1 atom stereocenters. The smallest absolute Gasteiger partial charge is 0.254 e. The first-order valence-corrected chi connectivity index (χ1v) is 10.6. The van der Waals surface area contributed by atoms with Crippen molar-refractivity contribution in [1.82, 2.24) is 9.88 Å². The Balaban J connectivity index is 1.58. The number of carbonyl (C=O) groups is 1. The van der Waals surface area contributed by atoms with Crippen molar-refractivity contribution in [3.8, 4) is 22.6 Å². The minimum absolute atomic E-state index is 0.0456. The molecule has 1 aliphatic rings. The van der Waals surface area contributed by atoms with Gasteiger partial charge in [0.05, 0.1) is 14.2 Å². The highest BCUT2D eigenvalue weighted by molar-refractivity contribution is 5.94. The number of piperidine rings is 1. The number of carbonyl (C=O) groups excluding carboxylic acids is 1. The van der Waals surface area contributed by atoms with Gasteiger partial charge in [0.15, 0.2) is 0 Å². The van der Waals surface area contributed by atoms with Gasteiger partial charge >= 0.3 is 0 Å². The maximum Gasteiger partial charge on any atom is 0.254 e. The predicted octanol–water partition coefficient (Wildman–Crippen LogP) is 5.09. The number of hydrogen-bond donors (Lipinski definition) is 0. The van der Waals surface area contributed by atoms with E-state index in [1.807, 2.05) is 48.2 Å². The standard InChI is InChI=1S/C26H28N2O3/c1-18-13-22(19-7-4-10-23(14-19)30-2)16-25(27-18)21-9-6-12-28(17-21)26(29)20-8-5-11-24(15-20)31-3/h4-5,7-8,10-11,13-16,21H,6,9,12,17H2,1-3H3/t21-/m0/s1. The molecule has 0 unspecified atom stereocenters. The summed E-state index contributed by atoms with van der Waals surface area (Å²) in [4.78, 5) is 19.9. The predicted molar refractivity (Wildman–Crippen MR) is 122 cm³/mol. The van der Waals surface area contributed by atoms with Gasteiger partial charge in [-0.25, -0.2) is 0 Å². The molecule has 5 nitrogen and oxygen atoms in total. The molecule has 2 aromatic carbocycles. The quantitative estimate of drug-likeness (QED) is 0.581. The van der Waals surface area contributed by atoms with Crippen LogP contribution in [0.2, 0.25) is 0 Å². The Morgan fingerprint density at radius 3 is 2.48 bits per heavy atom. The molecule has 1 aromatic heterocycles. The highest BCUT2D eigenvalue weighted by Gasteiger charge is 2.27. The molecule has 1 fully saturated rings. The van der Waals surface area contributed by atoms with Gasteiger partial charge in [0, 0.05) is 36.0 Å². The van der Waals surface area contributed by atoms with Crippen LogP contribution in [0.1, 0.15) is 40.5 Å². The maximum absolute atomic E-state index is 13.1. The number of likely N-dealkylation sites (tertiary alicyclic amines) is 1. The van der Waals surface area contributed by atoms with Crippen molar-refractivity contribution in [3.05, 3.63) is 77.6 Å². The SMILES string of the molecule is COc1cccc(C(=O)N2CCC[C@H](c3cc(-c4cccc(OC)c4)cc(C)n3)C2)c1. The molecule has 0 saturated carbocycles. The lowest BCUT2D eigenvalue weighted by molar-refractivity contribution is 0.0705. The first-order chi connectivity index (χ1) is 15.1. The highest BCUT2D eigenvalue weighted by atomic mass is 16.5. The Hall–Kier alpha value is -3.34. The summed E-state index contributed by atoms with van der Waals surface area (Å²) < 4.78 is 10.7. The molecule has 4 rings (SSSR count). The van der Waals surface area contributed by atoms with Crippen molar-refractivity contribution < 1.29 is 14.3 Å². The van der Waals surface area contributed by atoms with E-state index in [0.29, 0.717) is 17.9 Å². The molecule has 1 amide bonds. The van der Waals surface area contributed by atoms with Gasteiger partial charge in [-0.1, -0.05) is 18.2 Å². The summed E-state index contributed by atoms with van der Waals surface area (Å²) >= 11 is 0. The molecule has 0 N–H and O–H groups in total. The lowest BCUT2D eigenvalue weighted by Crippen LogP contribution is -2.39. The monoisotopic (exact) mass is 416 g/mol. The van der Waals surface area contributed by atoms with Crippen LogP contribution < -0.4 is 9.47 Å². The molecule has 5 heteroatoms. The van der Waals surface area contributed by atoms with E-state index in [9.17, 15) is 4.79 Å². The third-order valence-electron chi connectivity index (χ3n) is 5.82. The topological polar surface area (TPSA) is 51.7 Å². The van der Waals surface area contributed by atoms with Crippen LogP contribution in [0, 0.1) is 6.92 Å². The second-order valence-electron chi connectivity index (χ2n) is 7.98. The molecule has 0 aliphatic carbocycles. The van der Waals surface area contributed by atoms with E-state index in [1.165, 1.54) is 0 Å². The van der Waals surface area contributed by atoms with Crippen LogP contribution in [0.3, 0.4) is 0 Å². The summed E-state index contributed by atoms with van der Waals surface area (Å²) in [6.07, 6.45) is 1.99. The normalized spacial score (nSPS) is 16.1. The van der Waals surface area contributed by atoms with E-state index < -0.39 is 0 Å². The summed E-state index contributed by atoms with van der Waals surface area (Å²) in [6, 6.07) is 19.7. The first kappa shape index (κ1) is 20.9. The Kier molecular flexibility index (Phi) is 6.21.